The molecule has 0 aliphatic rings. The standard InChI is InChI=1S/C12H16N4O5/c1-8(17)9-6-11(20-2)12(7-10(9)16(18)19)21-5-3-4-14-15-13/h6-8,17H,3-5H2,1-2H3. The van der Waals surface area contributed by atoms with Gasteiger partial charge in [-0.1, -0.05) is 5.11 Å². The molecule has 0 aliphatic carbocycles. The maximum Gasteiger partial charge on any atom is 0.279 e. The van der Waals surface area contributed by atoms with Crippen molar-refractivity contribution in [2.75, 3.05) is 20.3 Å². The van der Waals surface area contributed by atoms with Crippen LogP contribution < -0.4 is 9.47 Å². The third-order valence-corrected chi connectivity index (χ3v) is 2.68. The van der Waals surface area contributed by atoms with E-state index in [2.05, 4.69) is 10.0 Å². The van der Waals surface area contributed by atoms with Crippen LogP contribution in [0.15, 0.2) is 17.2 Å². The summed E-state index contributed by atoms with van der Waals surface area (Å²) in [6.45, 7) is 1.93. The van der Waals surface area contributed by atoms with Gasteiger partial charge in [-0.25, -0.2) is 0 Å². The Hall–Kier alpha value is -2.51. The molecule has 1 unspecified atom stereocenters. The predicted octanol–water partition coefficient (Wildman–Crippen LogP) is 2.74. The van der Waals surface area contributed by atoms with Crippen LogP contribution in [-0.4, -0.2) is 30.3 Å². The Morgan fingerprint density at radius 1 is 1.52 bits per heavy atom. The third kappa shape index (κ3) is 4.51. The van der Waals surface area contributed by atoms with E-state index in [0.717, 1.165) is 0 Å². The van der Waals surface area contributed by atoms with Crippen LogP contribution in [0.5, 0.6) is 11.5 Å². The molecule has 1 aromatic rings. The maximum atomic E-state index is 11.0. The van der Waals surface area contributed by atoms with Gasteiger partial charge in [-0.05, 0) is 24.9 Å². The molecule has 114 valence electrons. The second-order valence-corrected chi connectivity index (χ2v) is 4.15. The van der Waals surface area contributed by atoms with Crippen LogP contribution in [-0.2, 0) is 0 Å². The Morgan fingerprint density at radius 2 is 2.24 bits per heavy atom. The van der Waals surface area contributed by atoms with E-state index in [4.69, 9.17) is 15.0 Å². The summed E-state index contributed by atoms with van der Waals surface area (Å²) in [5.41, 5.74) is 8.05. The van der Waals surface area contributed by atoms with Crippen LogP contribution in [0.4, 0.5) is 5.69 Å². The maximum absolute atomic E-state index is 11.0. The van der Waals surface area contributed by atoms with E-state index in [0.29, 0.717) is 12.2 Å². The van der Waals surface area contributed by atoms with Gasteiger partial charge in [-0.3, -0.25) is 10.1 Å². The van der Waals surface area contributed by atoms with Gasteiger partial charge >= 0.3 is 0 Å². The van der Waals surface area contributed by atoms with Gasteiger partial charge in [0, 0.05) is 11.5 Å². The minimum atomic E-state index is -1.00. The molecule has 9 heteroatoms. The number of nitro benzene ring substituents is 1. The van der Waals surface area contributed by atoms with Crippen molar-refractivity contribution in [3.63, 3.8) is 0 Å². The fourth-order valence-electron chi connectivity index (χ4n) is 1.69. The Balaban J connectivity index is 2.99. The Morgan fingerprint density at radius 3 is 2.76 bits per heavy atom. The molecule has 9 nitrogen and oxygen atoms in total. The van der Waals surface area contributed by atoms with E-state index >= 15 is 0 Å². The highest BCUT2D eigenvalue weighted by Crippen LogP contribution is 2.37. The van der Waals surface area contributed by atoms with E-state index in [1.165, 1.54) is 26.2 Å². The second kappa shape index (κ2) is 7.93. The smallest absolute Gasteiger partial charge is 0.279 e. The van der Waals surface area contributed by atoms with Crippen LogP contribution in [0.2, 0.25) is 0 Å². The third-order valence-electron chi connectivity index (χ3n) is 2.68. The monoisotopic (exact) mass is 296 g/mol. The van der Waals surface area contributed by atoms with Crippen molar-refractivity contribution in [3.8, 4) is 11.5 Å². The minimum Gasteiger partial charge on any atom is -0.493 e. The topological polar surface area (TPSA) is 131 Å². The summed E-state index contributed by atoms with van der Waals surface area (Å²) in [6, 6.07) is 2.60. The number of azide groups is 1. The summed E-state index contributed by atoms with van der Waals surface area (Å²) in [5.74, 6) is 0.495. The van der Waals surface area contributed by atoms with Crippen molar-refractivity contribution in [1.29, 1.82) is 0 Å². The quantitative estimate of drug-likeness (QED) is 0.197. The molecule has 0 aliphatic heterocycles. The van der Waals surface area contributed by atoms with Crippen LogP contribution in [0.3, 0.4) is 0 Å². The first-order chi connectivity index (χ1) is 10.0. The Labute approximate surface area is 120 Å². The highest BCUT2D eigenvalue weighted by Gasteiger charge is 2.22. The number of nitro groups is 1. The van der Waals surface area contributed by atoms with Crippen molar-refractivity contribution >= 4 is 5.69 Å². The summed E-state index contributed by atoms with van der Waals surface area (Å²) < 4.78 is 10.5. The van der Waals surface area contributed by atoms with Crippen molar-refractivity contribution in [3.05, 3.63) is 38.3 Å². The Kier molecular flexibility index (Phi) is 6.25. The van der Waals surface area contributed by atoms with E-state index in [-0.39, 0.29) is 30.2 Å². The first-order valence-corrected chi connectivity index (χ1v) is 6.19. The van der Waals surface area contributed by atoms with Gasteiger partial charge in [0.2, 0.25) is 0 Å². The number of aliphatic hydroxyl groups excluding tert-OH is 1. The highest BCUT2D eigenvalue weighted by molar-refractivity contribution is 5.55. The first kappa shape index (κ1) is 16.5. The fourth-order valence-corrected chi connectivity index (χ4v) is 1.69. The van der Waals surface area contributed by atoms with Gasteiger partial charge < -0.3 is 14.6 Å². The number of methoxy groups -OCH3 is 1. The zero-order valence-electron chi connectivity index (χ0n) is 11.7. The van der Waals surface area contributed by atoms with Gasteiger partial charge in [0.1, 0.15) is 0 Å². The first-order valence-electron chi connectivity index (χ1n) is 6.19. The lowest BCUT2D eigenvalue weighted by atomic mass is 10.1. The molecule has 0 heterocycles. The van der Waals surface area contributed by atoms with E-state index in [9.17, 15) is 15.2 Å². The van der Waals surface area contributed by atoms with Crippen molar-refractivity contribution in [1.82, 2.24) is 0 Å². The lowest BCUT2D eigenvalue weighted by Gasteiger charge is -2.13. The summed E-state index contributed by atoms with van der Waals surface area (Å²) in [7, 11) is 1.40. The largest absolute Gasteiger partial charge is 0.493 e. The zero-order chi connectivity index (χ0) is 15.8. The van der Waals surface area contributed by atoms with Crippen molar-refractivity contribution in [2.45, 2.75) is 19.4 Å². The van der Waals surface area contributed by atoms with E-state index < -0.39 is 11.0 Å². The molecule has 0 fully saturated rings. The molecule has 0 amide bonds. The number of ether oxygens (including phenoxy) is 2. The summed E-state index contributed by atoms with van der Waals surface area (Å²) in [4.78, 5) is 13.1. The SMILES string of the molecule is COc1cc(C(C)O)c([N+](=O)[O-])cc1OCCCN=[N+]=[N-]. The number of benzene rings is 1. The van der Waals surface area contributed by atoms with Crippen LogP contribution in [0, 0.1) is 10.1 Å². The molecule has 0 bridgehead atoms. The van der Waals surface area contributed by atoms with Crippen molar-refractivity contribution in [2.24, 2.45) is 5.11 Å². The normalized spacial score (nSPS) is 11.4. The molecule has 0 radical (unpaired) electrons. The molecule has 0 saturated carbocycles. The van der Waals surface area contributed by atoms with Crippen molar-refractivity contribution < 1.29 is 19.5 Å². The molecular formula is C12H16N4O5. The molecule has 1 N–H and O–H groups in total. The molecule has 0 spiro atoms. The lowest BCUT2D eigenvalue weighted by Crippen LogP contribution is -2.04. The molecule has 1 atom stereocenters. The Bertz CT molecular complexity index is 555. The minimum absolute atomic E-state index is 0.151. The summed E-state index contributed by atoms with van der Waals surface area (Å²) in [5, 5.41) is 24.0. The van der Waals surface area contributed by atoms with Gasteiger partial charge in [0.25, 0.3) is 5.69 Å². The average molecular weight is 296 g/mol. The number of nitrogens with zero attached hydrogens (tertiary/aromatic N) is 4. The fraction of sp³-hybridized carbons (Fsp3) is 0.500. The van der Waals surface area contributed by atoms with Crippen LogP contribution in [0.25, 0.3) is 10.4 Å². The molecular weight excluding hydrogens is 280 g/mol. The van der Waals surface area contributed by atoms with Gasteiger partial charge in [-0.2, -0.15) is 0 Å². The molecule has 21 heavy (non-hydrogen) atoms. The van der Waals surface area contributed by atoms with E-state index in [1.807, 2.05) is 0 Å². The lowest BCUT2D eigenvalue weighted by molar-refractivity contribution is -0.386. The van der Waals surface area contributed by atoms with E-state index in [1.54, 1.807) is 0 Å². The molecule has 1 aromatic carbocycles. The average Bonchev–Trinajstić information content (AvgIpc) is 2.46. The number of hydrogen-bond acceptors (Lipinski definition) is 6. The summed E-state index contributed by atoms with van der Waals surface area (Å²) >= 11 is 0. The molecule has 1 rings (SSSR count). The molecule has 0 aromatic heterocycles. The van der Waals surface area contributed by atoms with Gasteiger partial charge in [-0.15, -0.1) is 0 Å². The van der Waals surface area contributed by atoms with Crippen LogP contribution >= 0.6 is 0 Å². The second-order valence-electron chi connectivity index (χ2n) is 4.15. The highest BCUT2D eigenvalue weighted by atomic mass is 16.6. The van der Waals surface area contributed by atoms with Gasteiger partial charge in [0.15, 0.2) is 11.5 Å². The zero-order valence-corrected chi connectivity index (χ0v) is 11.7. The number of aliphatic hydroxyl groups is 1. The molecule has 0 saturated heterocycles. The van der Waals surface area contributed by atoms with Gasteiger partial charge in [0.05, 0.1) is 36.4 Å². The van der Waals surface area contributed by atoms with Crippen LogP contribution in [0.1, 0.15) is 25.0 Å². The number of rotatable bonds is 8. The predicted molar refractivity (Wildman–Crippen MR) is 74.4 cm³/mol. The summed E-state index contributed by atoms with van der Waals surface area (Å²) in [6.07, 6.45) is -0.530. The number of hydrogen-bond donors (Lipinski definition) is 1.